The topological polar surface area (TPSA) is 109 Å². The highest BCUT2D eigenvalue weighted by atomic mass is 19.4. The Morgan fingerprint density at radius 3 is 2.43 bits per heavy atom. The molecule has 0 spiro atoms. The molecule has 0 atom stereocenters. The average molecular weight is 521 g/mol. The zero-order chi connectivity index (χ0) is 27.4. The molecule has 1 fully saturated rings. The Bertz CT molecular complexity index is 1280. The van der Waals surface area contributed by atoms with E-state index in [2.05, 4.69) is 27.5 Å². The normalized spacial score (nSPS) is 14.8. The van der Waals surface area contributed by atoms with Crippen molar-refractivity contribution >= 4 is 29.4 Å². The minimum absolute atomic E-state index is 0.00635. The number of nitrogens with one attached hydrogen (secondary N) is 3. The van der Waals surface area contributed by atoms with Gasteiger partial charge in [0, 0.05) is 35.9 Å². The lowest BCUT2D eigenvalue weighted by Gasteiger charge is -2.18. The van der Waals surface area contributed by atoms with Gasteiger partial charge in [-0.05, 0) is 50.1 Å². The zero-order valence-corrected chi connectivity index (χ0v) is 19.7. The van der Waals surface area contributed by atoms with E-state index >= 15 is 0 Å². The zero-order valence-electron chi connectivity index (χ0n) is 19.7. The number of benzene rings is 2. The number of carbonyl (C=O) groups excluding carboxylic acids is 2. The van der Waals surface area contributed by atoms with Crippen molar-refractivity contribution < 1.29 is 31.5 Å². The number of nitrogens with two attached hydrogens (primary N) is 1. The molecule has 0 bridgehead atoms. The molecule has 37 heavy (non-hydrogen) atoms. The summed E-state index contributed by atoms with van der Waals surface area (Å²) in [5.74, 6) is -2.99. The Kier molecular flexibility index (Phi) is 7.99. The average Bonchev–Trinajstić information content (AvgIpc) is 3.59. The van der Waals surface area contributed by atoms with Gasteiger partial charge in [-0.15, -0.1) is 0 Å². The molecule has 12 heteroatoms. The van der Waals surface area contributed by atoms with E-state index in [0.29, 0.717) is 24.6 Å². The number of aliphatic imine (C=N–C) groups is 1. The number of hydrogen-bond acceptors (Lipinski definition) is 5. The van der Waals surface area contributed by atoms with E-state index < -0.39 is 46.4 Å². The lowest BCUT2D eigenvalue weighted by atomic mass is 10.1. The molecule has 1 saturated carbocycles. The molecular formula is C25H24F5N5O2. The molecule has 0 aromatic heterocycles. The largest absolute Gasteiger partial charge is 0.418 e. The number of allylic oxidation sites excluding steroid dienone is 1. The number of alkyl halides is 3. The maximum Gasteiger partial charge on any atom is 0.418 e. The number of hydrogen-bond donors (Lipinski definition) is 4. The van der Waals surface area contributed by atoms with Crippen LogP contribution in [0.5, 0.6) is 0 Å². The van der Waals surface area contributed by atoms with Crippen LogP contribution in [0.2, 0.25) is 0 Å². The Balaban J connectivity index is 1.64. The predicted octanol–water partition coefficient (Wildman–Crippen LogP) is 4.44. The van der Waals surface area contributed by atoms with E-state index in [-0.39, 0.29) is 23.4 Å². The third kappa shape index (κ3) is 6.93. The van der Waals surface area contributed by atoms with Crippen molar-refractivity contribution in [1.82, 2.24) is 10.6 Å². The summed E-state index contributed by atoms with van der Waals surface area (Å²) in [7, 11) is 0. The van der Waals surface area contributed by atoms with Gasteiger partial charge in [0.2, 0.25) is 5.91 Å². The number of amides is 2. The lowest BCUT2D eigenvalue weighted by Crippen LogP contribution is -2.49. The smallest absolute Gasteiger partial charge is 0.404 e. The van der Waals surface area contributed by atoms with E-state index in [1.807, 2.05) is 0 Å². The van der Waals surface area contributed by atoms with E-state index in [4.69, 9.17) is 5.73 Å². The van der Waals surface area contributed by atoms with Crippen molar-refractivity contribution in [2.45, 2.75) is 38.0 Å². The Labute approximate surface area is 209 Å². The van der Waals surface area contributed by atoms with Crippen LogP contribution >= 0.6 is 0 Å². The van der Waals surface area contributed by atoms with Crippen molar-refractivity contribution in [2.75, 3.05) is 5.32 Å². The molecular weight excluding hydrogens is 497 g/mol. The molecule has 2 aromatic rings. The van der Waals surface area contributed by atoms with Crippen LogP contribution in [0.15, 0.2) is 65.4 Å². The number of nitrogens with zero attached hydrogens (tertiary/aromatic N) is 1. The van der Waals surface area contributed by atoms with Gasteiger partial charge in [-0.2, -0.15) is 13.2 Å². The van der Waals surface area contributed by atoms with Crippen LogP contribution < -0.4 is 21.7 Å². The van der Waals surface area contributed by atoms with Gasteiger partial charge < -0.3 is 21.7 Å². The van der Waals surface area contributed by atoms with E-state index in [9.17, 15) is 31.5 Å². The van der Waals surface area contributed by atoms with Gasteiger partial charge in [-0.25, -0.2) is 8.78 Å². The SMILES string of the molecule is C=C(C)N=C/C(=C\N)C(=O)NC1(C(=O)NCc2ccc(Nc3ccc(F)cc3C(F)(F)F)cc2F)CC1. The first-order chi connectivity index (χ1) is 17.3. The maximum absolute atomic E-state index is 14.6. The summed E-state index contributed by atoms with van der Waals surface area (Å²) in [6.45, 7) is 4.98. The second kappa shape index (κ2) is 10.8. The van der Waals surface area contributed by atoms with Crippen molar-refractivity contribution in [2.24, 2.45) is 10.7 Å². The quantitative estimate of drug-likeness (QED) is 0.222. The van der Waals surface area contributed by atoms with Gasteiger partial charge in [0.25, 0.3) is 5.91 Å². The summed E-state index contributed by atoms with van der Waals surface area (Å²) in [6.07, 6.45) is -1.82. The monoisotopic (exact) mass is 521 g/mol. The first kappa shape index (κ1) is 27.4. The van der Waals surface area contributed by atoms with Gasteiger partial charge in [0.15, 0.2) is 0 Å². The lowest BCUT2D eigenvalue weighted by molar-refractivity contribution is -0.137. The van der Waals surface area contributed by atoms with Gasteiger partial charge >= 0.3 is 6.18 Å². The van der Waals surface area contributed by atoms with Crippen LogP contribution in [0.1, 0.15) is 30.9 Å². The summed E-state index contributed by atoms with van der Waals surface area (Å²) >= 11 is 0. The van der Waals surface area contributed by atoms with Crippen molar-refractivity contribution in [1.29, 1.82) is 0 Å². The number of halogens is 5. The van der Waals surface area contributed by atoms with Gasteiger partial charge in [0.1, 0.15) is 17.2 Å². The Morgan fingerprint density at radius 2 is 1.86 bits per heavy atom. The van der Waals surface area contributed by atoms with Crippen LogP contribution in [0.25, 0.3) is 0 Å². The molecule has 7 nitrogen and oxygen atoms in total. The third-order valence-corrected chi connectivity index (χ3v) is 5.46. The molecule has 0 unspecified atom stereocenters. The molecule has 3 rings (SSSR count). The number of anilines is 2. The first-order valence-electron chi connectivity index (χ1n) is 11.0. The molecule has 2 aromatic carbocycles. The molecule has 0 heterocycles. The fraction of sp³-hybridized carbons (Fsp3) is 0.240. The molecule has 0 aliphatic heterocycles. The molecule has 1 aliphatic rings. The van der Waals surface area contributed by atoms with Crippen LogP contribution in [0.3, 0.4) is 0 Å². The van der Waals surface area contributed by atoms with E-state index in [1.54, 1.807) is 6.92 Å². The van der Waals surface area contributed by atoms with E-state index in [0.717, 1.165) is 24.4 Å². The van der Waals surface area contributed by atoms with Crippen LogP contribution in [-0.2, 0) is 22.3 Å². The van der Waals surface area contributed by atoms with Crippen LogP contribution in [0.4, 0.5) is 33.3 Å². The molecule has 1 aliphatic carbocycles. The fourth-order valence-electron chi connectivity index (χ4n) is 3.31. The van der Waals surface area contributed by atoms with Gasteiger partial charge in [-0.1, -0.05) is 12.6 Å². The third-order valence-electron chi connectivity index (χ3n) is 5.46. The van der Waals surface area contributed by atoms with Gasteiger partial charge in [-0.3, -0.25) is 14.6 Å². The first-order valence-corrected chi connectivity index (χ1v) is 11.0. The number of carbonyl (C=O) groups is 2. The van der Waals surface area contributed by atoms with E-state index in [1.165, 1.54) is 18.3 Å². The summed E-state index contributed by atoms with van der Waals surface area (Å²) < 4.78 is 67.5. The van der Waals surface area contributed by atoms with Crippen molar-refractivity contribution in [3.63, 3.8) is 0 Å². The molecule has 0 saturated heterocycles. The summed E-state index contributed by atoms with van der Waals surface area (Å²) in [5, 5.41) is 7.60. The number of rotatable bonds is 9. The fourth-order valence-corrected chi connectivity index (χ4v) is 3.31. The molecule has 196 valence electrons. The van der Waals surface area contributed by atoms with Crippen LogP contribution in [-0.4, -0.2) is 23.6 Å². The highest BCUT2D eigenvalue weighted by Crippen LogP contribution is 2.37. The molecule has 0 radical (unpaired) electrons. The molecule has 5 N–H and O–H groups in total. The standard InChI is InChI=1S/C25H24F5N5O2/c1-14(2)32-13-16(11-31)22(36)35-24(7-8-24)23(37)33-12-15-3-5-18(10-20(15)27)34-21-6-4-17(26)9-19(21)25(28,29)30/h3-6,9-11,13,34H,1,7-8,12,31H2,2H3,(H,33,37)(H,35,36)/b16-11+,32-13?. The van der Waals surface area contributed by atoms with Gasteiger partial charge in [0.05, 0.1) is 16.8 Å². The van der Waals surface area contributed by atoms with Crippen molar-refractivity contribution in [3.8, 4) is 0 Å². The van der Waals surface area contributed by atoms with Crippen molar-refractivity contribution in [3.05, 3.63) is 83.2 Å². The second-order valence-electron chi connectivity index (χ2n) is 8.45. The summed E-state index contributed by atoms with van der Waals surface area (Å²) in [6, 6.07) is 5.67. The maximum atomic E-state index is 14.6. The Hall–Kier alpha value is -4.22. The second-order valence-corrected chi connectivity index (χ2v) is 8.45. The summed E-state index contributed by atoms with van der Waals surface area (Å²) in [5.41, 5.74) is 3.15. The van der Waals surface area contributed by atoms with Crippen LogP contribution in [0, 0.1) is 11.6 Å². The molecule has 2 amide bonds. The Morgan fingerprint density at radius 1 is 1.16 bits per heavy atom. The summed E-state index contributed by atoms with van der Waals surface area (Å²) in [4.78, 5) is 29.0. The predicted molar refractivity (Wildman–Crippen MR) is 129 cm³/mol. The highest BCUT2D eigenvalue weighted by molar-refractivity contribution is 6.13. The minimum atomic E-state index is -4.82. The minimum Gasteiger partial charge on any atom is -0.404 e. The highest BCUT2D eigenvalue weighted by Gasteiger charge is 2.51.